The van der Waals surface area contributed by atoms with Gasteiger partial charge in [-0.15, -0.1) is 0 Å². The van der Waals surface area contributed by atoms with E-state index in [4.69, 9.17) is 36.2 Å². The zero-order valence-electron chi connectivity index (χ0n) is 33.9. The molecule has 302 valence electrons. The maximum atomic E-state index is 12.4. The van der Waals surface area contributed by atoms with Gasteiger partial charge in [0.1, 0.15) is 17.0 Å². The molecule has 0 aliphatic heterocycles. The van der Waals surface area contributed by atoms with Crippen LogP contribution in [0.3, 0.4) is 0 Å². The molecule has 6 rings (SSSR count). The van der Waals surface area contributed by atoms with Gasteiger partial charge < -0.3 is 40.3 Å². The van der Waals surface area contributed by atoms with Gasteiger partial charge in [0.25, 0.3) is 5.89 Å². The lowest BCUT2D eigenvalue weighted by Gasteiger charge is -2.29. The molecule has 1 heterocycles. The summed E-state index contributed by atoms with van der Waals surface area (Å²) < 4.78 is 22.0. The van der Waals surface area contributed by atoms with E-state index in [-0.39, 0.29) is 24.0 Å². The van der Waals surface area contributed by atoms with Crippen LogP contribution in [-0.2, 0) is 22.3 Å². The van der Waals surface area contributed by atoms with Gasteiger partial charge in [0.2, 0.25) is 11.5 Å². The van der Waals surface area contributed by atoms with Crippen molar-refractivity contribution in [1.29, 1.82) is 0 Å². The predicted octanol–water partition coefficient (Wildman–Crippen LogP) is 9.33. The van der Waals surface area contributed by atoms with Crippen molar-refractivity contribution >= 4 is 23.7 Å². The Hall–Kier alpha value is -6.10. The predicted molar refractivity (Wildman–Crippen MR) is 216 cm³/mol. The standard InChI is InChI=1S/C27H30N4O4.C16H23N3O3/c1-16(2)33-23-14-13-17(15-22(23)28-6)25-30-24(31-35-25)20-11-7-10-19-18(20)9-8-12-21(19)29-26(32)34-27(3,4)5;1-16(2,3)22-15(20)18-13-9-5-6-10-11(13)7-4-8-12(10)14(17)19-21/h7,10-11,13-16,21H,8-9,12H2,1-5H3,(H,29,32);4,7-8,13,21H,5-6,9H2,1-3H3,(H2,17,19)(H,18,20)/t21-;13-/m00/s1. The van der Waals surface area contributed by atoms with Crippen molar-refractivity contribution in [2.45, 2.75) is 123 Å². The lowest BCUT2D eigenvalue weighted by Crippen LogP contribution is -2.36. The van der Waals surface area contributed by atoms with Crippen LogP contribution in [0.4, 0.5) is 15.3 Å². The van der Waals surface area contributed by atoms with E-state index in [1.165, 1.54) is 0 Å². The lowest BCUT2D eigenvalue weighted by atomic mass is 9.84. The van der Waals surface area contributed by atoms with Crippen LogP contribution in [0.15, 0.2) is 64.3 Å². The number of aromatic nitrogens is 2. The summed E-state index contributed by atoms with van der Waals surface area (Å²) in [6, 6.07) is 16.6. The zero-order chi connectivity index (χ0) is 41.5. The van der Waals surface area contributed by atoms with E-state index in [1.807, 2.05) is 97.9 Å². The first-order valence-electron chi connectivity index (χ1n) is 19.2. The number of amidine groups is 1. The molecular formula is C43H53N7O7. The van der Waals surface area contributed by atoms with Crippen LogP contribution < -0.4 is 21.1 Å². The van der Waals surface area contributed by atoms with Crippen molar-refractivity contribution in [3.8, 4) is 28.6 Å². The number of carbonyl (C=O) groups is 2. The Kier molecular flexibility index (Phi) is 13.1. The molecule has 0 unspecified atom stereocenters. The van der Waals surface area contributed by atoms with Crippen LogP contribution in [0.5, 0.6) is 5.75 Å². The third-order valence-electron chi connectivity index (χ3n) is 9.14. The molecule has 0 saturated heterocycles. The highest BCUT2D eigenvalue weighted by atomic mass is 16.6. The van der Waals surface area contributed by atoms with E-state index in [9.17, 15) is 9.59 Å². The minimum absolute atomic E-state index is 0.0331. The van der Waals surface area contributed by atoms with Crippen molar-refractivity contribution in [3.05, 3.63) is 93.8 Å². The van der Waals surface area contributed by atoms with Gasteiger partial charge in [-0.2, -0.15) is 4.98 Å². The summed E-state index contributed by atoms with van der Waals surface area (Å²) in [6.45, 7) is 22.4. The van der Waals surface area contributed by atoms with E-state index in [0.29, 0.717) is 28.7 Å². The summed E-state index contributed by atoms with van der Waals surface area (Å²) in [6.07, 6.45) is 4.31. The molecule has 0 spiro atoms. The number of nitrogens with two attached hydrogens (primary N) is 1. The molecule has 3 aromatic carbocycles. The molecule has 2 amide bonds. The van der Waals surface area contributed by atoms with Gasteiger partial charge >= 0.3 is 12.2 Å². The number of nitrogens with zero attached hydrogens (tertiary/aromatic N) is 4. The Balaban J connectivity index is 0.000000242. The molecule has 0 radical (unpaired) electrons. The Morgan fingerprint density at radius 2 is 1.49 bits per heavy atom. The first-order valence-corrected chi connectivity index (χ1v) is 19.2. The molecule has 2 atom stereocenters. The van der Waals surface area contributed by atoms with E-state index in [0.717, 1.165) is 71.9 Å². The van der Waals surface area contributed by atoms with Gasteiger partial charge in [0.05, 0.1) is 24.8 Å². The second-order valence-electron chi connectivity index (χ2n) is 16.3. The Bertz CT molecular complexity index is 2140. The molecule has 0 bridgehead atoms. The fourth-order valence-corrected chi connectivity index (χ4v) is 6.94. The monoisotopic (exact) mass is 779 g/mol. The molecular weight excluding hydrogens is 727 g/mol. The lowest BCUT2D eigenvalue weighted by molar-refractivity contribution is 0.0487. The number of fused-ring (bicyclic) bond motifs is 2. The number of rotatable bonds is 7. The van der Waals surface area contributed by atoms with Crippen LogP contribution in [0.1, 0.15) is 121 Å². The molecule has 0 saturated carbocycles. The van der Waals surface area contributed by atoms with E-state index >= 15 is 0 Å². The molecule has 2 aliphatic carbocycles. The number of hydrogen-bond donors (Lipinski definition) is 4. The van der Waals surface area contributed by atoms with Crippen LogP contribution in [0.25, 0.3) is 27.7 Å². The normalized spacial score (nSPS) is 16.5. The van der Waals surface area contributed by atoms with Crippen molar-refractivity contribution < 1.29 is 33.5 Å². The largest absolute Gasteiger partial charge is 0.502 e. The quantitative estimate of drug-likeness (QED) is 0.0463. The van der Waals surface area contributed by atoms with Gasteiger partial charge in [-0.25, -0.2) is 14.4 Å². The fourth-order valence-electron chi connectivity index (χ4n) is 6.94. The maximum Gasteiger partial charge on any atom is 0.408 e. The van der Waals surface area contributed by atoms with Crippen molar-refractivity contribution in [3.63, 3.8) is 0 Å². The number of hydrogen-bond acceptors (Lipinski definition) is 10. The number of carbonyl (C=O) groups excluding carboxylic acids is 2. The Labute approximate surface area is 334 Å². The topological polar surface area (TPSA) is 188 Å². The minimum Gasteiger partial charge on any atom is -0.502 e. The van der Waals surface area contributed by atoms with Crippen molar-refractivity contribution in [2.24, 2.45) is 10.9 Å². The molecule has 0 fully saturated rings. The van der Waals surface area contributed by atoms with Gasteiger partial charge in [-0.1, -0.05) is 46.7 Å². The minimum atomic E-state index is -0.559. The fraction of sp³-hybridized carbons (Fsp3) is 0.442. The first-order chi connectivity index (χ1) is 27.0. The Morgan fingerprint density at radius 1 is 0.912 bits per heavy atom. The summed E-state index contributed by atoms with van der Waals surface area (Å²) >= 11 is 0. The van der Waals surface area contributed by atoms with Crippen molar-refractivity contribution in [1.82, 2.24) is 20.8 Å². The molecule has 2 aliphatic rings. The number of benzene rings is 3. The molecule has 14 nitrogen and oxygen atoms in total. The molecule has 57 heavy (non-hydrogen) atoms. The number of amides is 2. The summed E-state index contributed by atoms with van der Waals surface area (Å²) in [5.41, 5.74) is 11.4. The summed E-state index contributed by atoms with van der Waals surface area (Å²) in [7, 11) is 0. The summed E-state index contributed by atoms with van der Waals surface area (Å²) in [5, 5.41) is 22.1. The van der Waals surface area contributed by atoms with Crippen LogP contribution in [0.2, 0.25) is 0 Å². The highest BCUT2D eigenvalue weighted by Gasteiger charge is 2.29. The SMILES string of the molecule is CC(C)(C)OC(=O)N[C@H]1CCCc2c(C(N)=NO)cccc21.[C-]#[N+]c1cc(-c2nc(-c3cccc4c3CCC[C@@H]4NC(=O)OC(C)(C)C)no2)ccc1OC(C)C. The number of alkyl carbamates (subject to hydrolysis) is 2. The first kappa shape index (κ1) is 42.1. The smallest absolute Gasteiger partial charge is 0.408 e. The summed E-state index contributed by atoms with van der Waals surface area (Å²) in [4.78, 5) is 32.6. The second kappa shape index (κ2) is 17.8. The summed E-state index contributed by atoms with van der Waals surface area (Å²) in [5.74, 6) is 1.42. The molecule has 1 aromatic heterocycles. The molecule has 4 aromatic rings. The Morgan fingerprint density at radius 3 is 2.05 bits per heavy atom. The van der Waals surface area contributed by atoms with Gasteiger partial charge in [0.15, 0.2) is 5.84 Å². The number of oxime groups is 1. The zero-order valence-corrected chi connectivity index (χ0v) is 33.9. The average Bonchev–Trinajstić information content (AvgIpc) is 3.63. The number of nitrogens with one attached hydrogen (secondary N) is 2. The van der Waals surface area contributed by atoms with Gasteiger partial charge in [-0.05, 0) is 134 Å². The van der Waals surface area contributed by atoms with Gasteiger partial charge in [0, 0.05) is 16.7 Å². The van der Waals surface area contributed by atoms with Crippen LogP contribution in [-0.4, -0.2) is 50.7 Å². The van der Waals surface area contributed by atoms with E-state index < -0.39 is 23.4 Å². The third-order valence-corrected chi connectivity index (χ3v) is 9.14. The maximum absolute atomic E-state index is 12.4. The molecule has 14 heteroatoms. The molecule has 5 N–H and O–H groups in total. The van der Waals surface area contributed by atoms with Crippen molar-refractivity contribution in [2.75, 3.05) is 0 Å². The highest BCUT2D eigenvalue weighted by molar-refractivity contribution is 5.98. The average molecular weight is 780 g/mol. The highest BCUT2D eigenvalue weighted by Crippen LogP contribution is 2.38. The number of ether oxygens (including phenoxy) is 3. The second-order valence-corrected chi connectivity index (χ2v) is 16.3. The van der Waals surface area contributed by atoms with Gasteiger partial charge in [-0.3, -0.25) is 0 Å². The third kappa shape index (κ3) is 11.0. The van der Waals surface area contributed by atoms with E-state index in [1.54, 1.807) is 12.1 Å². The van der Waals surface area contributed by atoms with Crippen LogP contribution in [0, 0.1) is 6.57 Å². The van der Waals surface area contributed by atoms with E-state index in [2.05, 4.69) is 30.8 Å². The van der Waals surface area contributed by atoms with Crippen LogP contribution >= 0.6 is 0 Å².